The molecular formula is C9H15N5. The number of hydrazine groups is 3. The van der Waals surface area contributed by atoms with Gasteiger partial charge in [-0.3, -0.25) is 0 Å². The van der Waals surface area contributed by atoms with Gasteiger partial charge in [0.1, 0.15) is 6.17 Å². The van der Waals surface area contributed by atoms with E-state index in [2.05, 4.69) is 34.1 Å². The summed E-state index contributed by atoms with van der Waals surface area (Å²) in [5.41, 5.74) is 18.7. The summed E-state index contributed by atoms with van der Waals surface area (Å²) in [5, 5.41) is 0. The van der Waals surface area contributed by atoms with Crippen LogP contribution in [0, 0.1) is 0 Å². The van der Waals surface area contributed by atoms with E-state index in [1.807, 2.05) is 18.2 Å². The van der Waals surface area contributed by atoms with Crippen molar-refractivity contribution in [2.45, 2.75) is 18.6 Å². The van der Waals surface area contributed by atoms with Crippen LogP contribution in [0.4, 0.5) is 0 Å². The zero-order chi connectivity index (χ0) is 9.80. The van der Waals surface area contributed by atoms with Gasteiger partial charge in [0.2, 0.25) is 0 Å². The van der Waals surface area contributed by atoms with Crippen molar-refractivity contribution in [3.05, 3.63) is 35.9 Å². The summed E-state index contributed by atoms with van der Waals surface area (Å²) >= 11 is 0. The Morgan fingerprint density at radius 3 is 2.43 bits per heavy atom. The molecule has 5 heteroatoms. The molecule has 1 aromatic carbocycles. The number of benzene rings is 1. The Morgan fingerprint density at radius 1 is 1.14 bits per heavy atom. The van der Waals surface area contributed by atoms with Gasteiger partial charge >= 0.3 is 0 Å². The number of nitrogens with two attached hydrogens (primary N) is 1. The Labute approximate surface area is 83.0 Å². The molecule has 1 saturated heterocycles. The summed E-state index contributed by atoms with van der Waals surface area (Å²) in [6.45, 7) is 0. The van der Waals surface area contributed by atoms with E-state index in [0.717, 1.165) is 6.42 Å². The van der Waals surface area contributed by atoms with E-state index in [4.69, 9.17) is 5.73 Å². The van der Waals surface area contributed by atoms with Crippen LogP contribution in [0.25, 0.3) is 0 Å². The topological polar surface area (TPSA) is 74.1 Å². The van der Waals surface area contributed by atoms with E-state index in [-0.39, 0.29) is 12.2 Å². The Hall–Kier alpha value is -0.980. The number of nitrogens with one attached hydrogen (secondary N) is 4. The molecule has 1 heterocycles. The van der Waals surface area contributed by atoms with Gasteiger partial charge in [-0.25, -0.2) is 10.9 Å². The molecular weight excluding hydrogens is 178 g/mol. The maximum atomic E-state index is 6.01. The highest BCUT2D eigenvalue weighted by Crippen LogP contribution is 2.03. The fraction of sp³-hybridized carbons (Fsp3) is 0.333. The molecule has 76 valence electrons. The highest BCUT2D eigenvalue weighted by atomic mass is 15.8. The lowest BCUT2D eigenvalue weighted by Gasteiger charge is -2.17. The number of rotatable bonds is 3. The first-order valence-corrected chi connectivity index (χ1v) is 4.67. The van der Waals surface area contributed by atoms with Gasteiger partial charge < -0.3 is 5.73 Å². The van der Waals surface area contributed by atoms with Gasteiger partial charge in [0.25, 0.3) is 0 Å². The molecule has 5 nitrogen and oxygen atoms in total. The third-order valence-corrected chi connectivity index (χ3v) is 2.26. The lowest BCUT2D eigenvalue weighted by atomic mass is 10.1. The van der Waals surface area contributed by atoms with Crippen molar-refractivity contribution in [2.75, 3.05) is 0 Å². The van der Waals surface area contributed by atoms with Gasteiger partial charge in [0.05, 0.1) is 0 Å². The maximum Gasteiger partial charge on any atom is 0.101 e. The van der Waals surface area contributed by atoms with Gasteiger partial charge in [-0.2, -0.15) is 11.1 Å². The Bertz CT molecular complexity index is 270. The molecule has 2 rings (SSSR count). The second kappa shape index (κ2) is 4.50. The first kappa shape index (κ1) is 9.57. The van der Waals surface area contributed by atoms with Crippen LogP contribution in [-0.2, 0) is 6.42 Å². The summed E-state index contributed by atoms with van der Waals surface area (Å²) in [7, 11) is 0. The van der Waals surface area contributed by atoms with Gasteiger partial charge in [0, 0.05) is 6.04 Å². The zero-order valence-corrected chi connectivity index (χ0v) is 7.83. The zero-order valence-electron chi connectivity index (χ0n) is 7.83. The Kier molecular flexibility index (Phi) is 3.07. The second-order valence-corrected chi connectivity index (χ2v) is 3.37. The van der Waals surface area contributed by atoms with E-state index in [1.54, 1.807) is 0 Å². The van der Waals surface area contributed by atoms with Gasteiger partial charge in [-0.15, -0.1) is 0 Å². The minimum Gasteiger partial charge on any atom is -0.325 e. The largest absolute Gasteiger partial charge is 0.325 e. The molecule has 0 spiro atoms. The highest BCUT2D eigenvalue weighted by molar-refractivity contribution is 5.16. The van der Waals surface area contributed by atoms with Crippen molar-refractivity contribution >= 4 is 0 Å². The highest BCUT2D eigenvalue weighted by Gasteiger charge is 2.20. The molecule has 0 saturated carbocycles. The van der Waals surface area contributed by atoms with Gasteiger partial charge in [-0.05, 0) is 12.0 Å². The lowest BCUT2D eigenvalue weighted by Crippen LogP contribution is -2.50. The molecule has 0 aromatic heterocycles. The lowest BCUT2D eigenvalue weighted by molar-refractivity contribution is 0.427. The van der Waals surface area contributed by atoms with Crippen LogP contribution in [0.1, 0.15) is 5.56 Å². The van der Waals surface area contributed by atoms with Crippen LogP contribution < -0.4 is 27.7 Å². The normalized spacial score (nSPS) is 19.8. The van der Waals surface area contributed by atoms with Crippen LogP contribution >= 0.6 is 0 Å². The van der Waals surface area contributed by atoms with Gasteiger partial charge in [0.15, 0.2) is 0 Å². The molecule has 0 bridgehead atoms. The van der Waals surface area contributed by atoms with E-state index in [1.165, 1.54) is 5.56 Å². The average Bonchev–Trinajstić information content (AvgIpc) is 2.72. The SMILES string of the molecule is NC(Cc1ccccc1)C1NNNN1. The second-order valence-electron chi connectivity index (χ2n) is 3.37. The smallest absolute Gasteiger partial charge is 0.101 e. The van der Waals surface area contributed by atoms with E-state index in [0.29, 0.717) is 0 Å². The average molecular weight is 193 g/mol. The summed E-state index contributed by atoms with van der Waals surface area (Å²) in [6, 6.07) is 10.2. The quantitative estimate of drug-likeness (QED) is 0.426. The van der Waals surface area contributed by atoms with Crippen LogP contribution in [0.15, 0.2) is 30.3 Å². The summed E-state index contributed by atoms with van der Waals surface area (Å²) < 4.78 is 0. The molecule has 1 aromatic rings. The van der Waals surface area contributed by atoms with E-state index < -0.39 is 0 Å². The molecule has 1 fully saturated rings. The molecule has 1 atom stereocenters. The van der Waals surface area contributed by atoms with Crippen molar-refractivity contribution in [1.82, 2.24) is 21.9 Å². The van der Waals surface area contributed by atoms with Crippen LogP contribution in [0.5, 0.6) is 0 Å². The van der Waals surface area contributed by atoms with Crippen LogP contribution in [0.2, 0.25) is 0 Å². The molecule has 14 heavy (non-hydrogen) atoms. The standard InChI is InChI=1S/C9H15N5/c10-8(9-11-13-14-12-9)6-7-4-2-1-3-5-7/h1-5,8-9,11-14H,6,10H2. The molecule has 1 aliphatic rings. The molecule has 1 unspecified atom stereocenters. The van der Waals surface area contributed by atoms with Crippen LogP contribution in [0.3, 0.4) is 0 Å². The fourth-order valence-electron chi connectivity index (χ4n) is 1.48. The van der Waals surface area contributed by atoms with Crippen molar-refractivity contribution in [3.63, 3.8) is 0 Å². The van der Waals surface area contributed by atoms with E-state index in [9.17, 15) is 0 Å². The predicted molar refractivity (Wildman–Crippen MR) is 54.5 cm³/mol. The molecule has 0 amide bonds. The Morgan fingerprint density at radius 2 is 1.79 bits per heavy atom. The minimum atomic E-state index is 0.0277. The predicted octanol–water partition coefficient (Wildman–Crippen LogP) is -1.00. The van der Waals surface area contributed by atoms with Crippen LogP contribution in [-0.4, -0.2) is 12.2 Å². The third kappa shape index (κ3) is 2.28. The Balaban J connectivity index is 1.90. The fourth-order valence-corrected chi connectivity index (χ4v) is 1.48. The van der Waals surface area contributed by atoms with Crippen molar-refractivity contribution in [2.24, 2.45) is 5.73 Å². The van der Waals surface area contributed by atoms with Crippen molar-refractivity contribution < 1.29 is 0 Å². The number of hydrogen-bond donors (Lipinski definition) is 5. The van der Waals surface area contributed by atoms with Crippen molar-refractivity contribution in [1.29, 1.82) is 0 Å². The molecule has 6 N–H and O–H groups in total. The molecule has 0 aliphatic carbocycles. The molecule has 1 aliphatic heterocycles. The van der Waals surface area contributed by atoms with E-state index >= 15 is 0 Å². The maximum absolute atomic E-state index is 6.01. The first-order valence-electron chi connectivity index (χ1n) is 4.67. The minimum absolute atomic E-state index is 0.0277. The number of hydrogen-bond acceptors (Lipinski definition) is 5. The first-order chi connectivity index (χ1) is 6.86. The summed E-state index contributed by atoms with van der Waals surface area (Å²) in [6.07, 6.45) is 0.893. The third-order valence-electron chi connectivity index (χ3n) is 2.26. The monoisotopic (exact) mass is 193 g/mol. The van der Waals surface area contributed by atoms with Gasteiger partial charge in [-0.1, -0.05) is 30.3 Å². The molecule has 0 radical (unpaired) electrons. The summed E-state index contributed by atoms with van der Waals surface area (Å²) in [4.78, 5) is 0. The summed E-state index contributed by atoms with van der Waals surface area (Å²) in [5.74, 6) is 0. The van der Waals surface area contributed by atoms with Crippen molar-refractivity contribution in [3.8, 4) is 0 Å².